The van der Waals surface area contributed by atoms with E-state index in [1.807, 2.05) is 42.5 Å². The van der Waals surface area contributed by atoms with Crippen molar-refractivity contribution < 1.29 is 14.3 Å². The summed E-state index contributed by atoms with van der Waals surface area (Å²) in [6, 6.07) is 17.7. The Morgan fingerprint density at radius 1 is 0.962 bits per heavy atom. The molecule has 0 aliphatic heterocycles. The number of rotatable bonds is 7. The number of benzene rings is 2. The summed E-state index contributed by atoms with van der Waals surface area (Å²) in [5.74, 6) is 0.868. The first kappa shape index (κ1) is 18.5. The van der Waals surface area contributed by atoms with Crippen LogP contribution in [0.2, 0.25) is 0 Å². The summed E-state index contributed by atoms with van der Waals surface area (Å²) in [5.41, 5.74) is 1.50. The van der Waals surface area contributed by atoms with Crippen LogP contribution in [0.4, 0.5) is 5.69 Å². The number of methoxy groups -OCH3 is 1. The van der Waals surface area contributed by atoms with Gasteiger partial charge in [-0.3, -0.25) is 4.79 Å². The van der Waals surface area contributed by atoms with Crippen molar-refractivity contribution in [2.75, 3.05) is 25.6 Å². The molecule has 2 aromatic rings. The number of hydrogen-bond donors (Lipinski definition) is 1. The van der Waals surface area contributed by atoms with Crippen molar-refractivity contribution in [3.05, 3.63) is 60.2 Å². The fourth-order valence-corrected chi connectivity index (χ4v) is 3.69. The van der Waals surface area contributed by atoms with Crippen LogP contribution in [-0.4, -0.2) is 26.2 Å². The van der Waals surface area contributed by atoms with E-state index < -0.39 is 5.41 Å². The maximum Gasteiger partial charge on any atom is 0.235 e. The monoisotopic (exact) mass is 353 g/mol. The van der Waals surface area contributed by atoms with Crippen LogP contribution in [0.25, 0.3) is 0 Å². The van der Waals surface area contributed by atoms with Gasteiger partial charge in [-0.05, 0) is 42.7 Å². The first-order valence-electron chi connectivity index (χ1n) is 9.33. The van der Waals surface area contributed by atoms with Crippen LogP contribution in [0, 0.1) is 0 Å². The summed E-state index contributed by atoms with van der Waals surface area (Å²) in [5, 5.41) is 3.13. The first-order chi connectivity index (χ1) is 12.7. The summed E-state index contributed by atoms with van der Waals surface area (Å²) < 4.78 is 10.6. The Labute approximate surface area is 155 Å². The van der Waals surface area contributed by atoms with Gasteiger partial charge in [0.15, 0.2) is 0 Å². The lowest BCUT2D eigenvalue weighted by Crippen LogP contribution is -2.42. The van der Waals surface area contributed by atoms with Crippen LogP contribution in [0.5, 0.6) is 5.75 Å². The zero-order valence-electron chi connectivity index (χ0n) is 15.4. The van der Waals surface area contributed by atoms with Gasteiger partial charge in [-0.15, -0.1) is 0 Å². The molecule has 1 saturated carbocycles. The van der Waals surface area contributed by atoms with Crippen molar-refractivity contribution in [3.8, 4) is 5.75 Å². The van der Waals surface area contributed by atoms with E-state index in [0.29, 0.717) is 13.2 Å². The normalized spacial score (nSPS) is 16.0. The molecule has 26 heavy (non-hydrogen) atoms. The predicted molar refractivity (Wildman–Crippen MR) is 104 cm³/mol. The van der Waals surface area contributed by atoms with E-state index in [-0.39, 0.29) is 5.91 Å². The number of hydrogen-bond acceptors (Lipinski definition) is 3. The summed E-state index contributed by atoms with van der Waals surface area (Å²) in [6.07, 6.45) is 5.20. The second kappa shape index (κ2) is 8.86. The lowest BCUT2D eigenvalue weighted by atomic mass is 9.68. The highest BCUT2D eigenvalue weighted by Crippen LogP contribution is 2.40. The van der Waals surface area contributed by atoms with Crippen molar-refractivity contribution in [1.82, 2.24) is 0 Å². The third-order valence-electron chi connectivity index (χ3n) is 5.14. The summed E-state index contributed by atoms with van der Waals surface area (Å²) in [7, 11) is 1.65. The minimum atomic E-state index is -0.423. The number of carbonyl (C=O) groups excluding carboxylic acids is 1. The maximum absolute atomic E-state index is 13.2. The third kappa shape index (κ3) is 4.25. The summed E-state index contributed by atoms with van der Waals surface area (Å²) >= 11 is 0. The molecule has 4 nitrogen and oxygen atoms in total. The van der Waals surface area contributed by atoms with Gasteiger partial charge in [0.2, 0.25) is 5.91 Å². The molecule has 1 fully saturated rings. The number of nitrogens with one attached hydrogen (secondary N) is 1. The van der Waals surface area contributed by atoms with Crippen molar-refractivity contribution >= 4 is 11.6 Å². The second-order valence-corrected chi connectivity index (χ2v) is 6.83. The van der Waals surface area contributed by atoms with Crippen LogP contribution in [-0.2, 0) is 14.9 Å². The van der Waals surface area contributed by atoms with E-state index in [2.05, 4.69) is 17.4 Å². The lowest BCUT2D eigenvalue weighted by Gasteiger charge is -2.36. The van der Waals surface area contributed by atoms with Crippen LogP contribution in [0.3, 0.4) is 0 Å². The molecule has 1 N–H and O–H groups in total. The van der Waals surface area contributed by atoms with E-state index in [9.17, 15) is 4.79 Å². The number of carbonyl (C=O) groups is 1. The average Bonchev–Trinajstić information content (AvgIpc) is 2.70. The molecule has 138 valence electrons. The standard InChI is InChI=1S/C22H27NO3/c1-25-16-17-26-20-12-10-19(11-13-20)23-21(24)22(14-6-3-7-15-22)18-8-4-2-5-9-18/h2,4-5,8-13H,3,6-7,14-17H2,1H3,(H,23,24). The topological polar surface area (TPSA) is 47.6 Å². The minimum Gasteiger partial charge on any atom is -0.491 e. The number of ether oxygens (including phenoxy) is 2. The Morgan fingerprint density at radius 2 is 1.65 bits per heavy atom. The molecule has 4 heteroatoms. The van der Waals surface area contributed by atoms with Gasteiger partial charge in [0.25, 0.3) is 0 Å². The zero-order chi connectivity index (χ0) is 18.2. The van der Waals surface area contributed by atoms with Crippen LogP contribution >= 0.6 is 0 Å². The molecule has 3 rings (SSSR count). The van der Waals surface area contributed by atoms with E-state index in [0.717, 1.165) is 42.7 Å². The van der Waals surface area contributed by atoms with Gasteiger partial charge >= 0.3 is 0 Å². The largest absolute Gasteiger partial charge is 0.491 e. The summed E-state index contributed by atoms with van der Waals surface area (Å²) in [4.78, 5) is 13.2. The molecule has 0 bridgehead atoms. The molecular weight excluding hydrogens is 326 g/mol. The quantitative estimate of drug-likeness (QED) is 0.743. The molecule has 0 spiro atoms. The van der Waals surface area contributed by atoms with Gasteiger partial charge in [-0.1, -0.05) is 49.6 Å². The Morgan fingerprint density at radius 3 is 2.31 bits per heavy atom. The molecule has 0 unspecified atom stereocenters. The third-order valence-corrected chi connectivity index (χ3v) is 5.14. The van der Waals surface area contributed by atoms with E-state index in [1.165, 1.54) is 6.42 Å². The van der Waals surface area contributed by atoms with E-state index in [4.69, 9.17) is 9.47 Å². The molecule has 0 aromatic heterocycles. The van der Waals surface area contributed by atoms with Crippen LogP contribution in [0.1, 0.15) is 37.7 Å². The lowest BCUT2D eigenvalue weighted by molar-refractivity contribution is -0.122. The highest BCUT2D eigenvalue weighted by Gasteiger charge is 2.40. The fourth-order valence-electron chi connectivity index (χ4n) is 3.69. The molecule has 1 aliphatic carbocycles. The maximum atomic E-state index is 13.2. The van der Waals surface area contributed by atoms with Gasteiger partial charge in [0, 0.05) is 12.8 Å². The van der Waals surface area contributed by atoms with Crippen molar-refractivity contribution in [2.45, 2.75) is 37.5 Å². The average molecular weight is 353 g/mol. The Bertz CT molecular complexity index is 691. The molecular formula is C22H27NO3. The zero-order valence-corrected chi connectivity index (χ0v) is 15.4. The van der Waals surface area contributed by atoms with Gasteiger partial charge in [-0.2, -0.15) is 0 Å². The number of anilines is 1. The SMILES string of the molecule is COCCOc1ccc(NC(=O)C2(c3ccccc3)CCCCC2)cc1. The summed E-state index contributed by atoms with van der Waals surface area (Å²) in [6.45, 7) is 1.07. The fraction of sp³-hybridized carbons (Fsp3) is 0.409. The van der Waals surface area contributed by atoms with Gasteiger partial charge in [-0.25, -0.2) is 0 Å². The molecule has 1 amide bonds. The highest BCUT2D eigenvalue weighted by atomic mass is 16.5. The van der Waals surface area contributed by atoms with Gasteiger partial charge < -0.3 is 14.8 Å². The van der Waals surface area contributed by atoms with Crippen molar-refractivity contribution in [2.24, 2.45) is 0 Å². The second-order valence-electron chi connectivity index (χ2n) is 6.83. The highest BCUT2D eigenvalue weighted by molar-refractivity contribution is 5.99. The van der Waals surface area contributed by atoms with Crippen molar-refractivity contribution in [1.29, 1.82) is 0 Å². The Hall–Kier alpha value is -2.33. The van der Waals surface area contributed by atoms with E-state index >= 15 is 0 Å². The van der Waals surface area contributed by atoms with Crippen molar-refractivity contribution in [3.63, 3.8) is 0 Å². The van der Waals surface area contributed by atoms with Crippen LogP contribution in [0.15, 0.2) is 54.6 Å². The first-order valence-corrected chi connectivity index (χ1v) is 9.33. The Kier molecular flexibility index (Phi) is 6.29. The molecule has 0 radical (unpaired) electrons. The molecule has 1 aliphatic rings. The molecule has 0 atom stereocenters. The van der Waals surface area contributed by atoms with Crippen LogP contribution < -0.4 is 10.1 Å². The molecule has 0 saturated heterocycles. The molecule has 0 heterocycles. The van der Waals surface area contributed by atoms with Gasteiger partial charge in [0.05, 0.1) is 12.0 Å². The predicted octanol–water partition coefficient (Wildman–Crippen LogP) is 4.55. The Balaban J connectivity index is 1.72. The minimum absolute atomic E-state index is 0.0939. The van der Waals surface area contributed by atoms with Gasteiger partial charge in [0.1, 0.15) is 12.4 Å². The van der Waals surface area contributed by atoms with E-state index in [1.54, 1.807) is 7.11 Å². The molecule has 2 aromatic carbocycles. The smallest absolute Gasteiger partial charge is 0.235 e. The number of amides is 1.